The average Bonchev–Trinajstić information content (AvgIpc) is 2.30. The zero-order chi connectivity index (χ0) is 12.1. The van der Waals surface area contributed by atoms with Gasteiger partial charge in [0.15, 0.2) is 0 Å². The Balaban J connectivity index is 3.04. The predicted molar refractivity (Wildman–Crippen MR) is 62.4 cm³/mol. The molecule has 2 N–H and O–H groups in total. The molecule has 4 heteroatoms. The molecule has 0 unspecified atom stereocenters. The molecule has 0 aliphatic rings. The highest BCUT2D eigenvalue weighted by atomic mass is 16.5. The van der Waals surface area contributed by atoms with Gasteiger partial charge >= 0.3 is 0 Å². The third-order valence-electron chi connectivity index (χ3n) is 2.54. The van der Waals surface area contributed by atoms with E-state index in [0.29, 0.717) is 6.42 Å². The van der Waals surface area contributed by atoms with Gasteiger partial charge in [-0.25, -0.2) is 5.48 Å². The summed E-state index contributed by atoms with van der Waals surface area (Å²) in [7, 11) is 3.29. The summed E-state index contributed by atoms with van der Waals surface area (Å²) in [5.74, 6) is 1.65. The van der Waals surface area contributed by atoms with Gasteiger partial charge in [-0.05, 0) is 43.5 Å². The summed E-state index contributed by atoms with van der Waals surface area (Å²) in [4.78, 5) is 0. The summed E-state index contributed by atoms with van der Waals surface area (Å²) in [5, 5.41) is 8.82. The van der Waals surface area contributed by atoms with Crippen LogP contribution in [0.3, 0.4) is 0 Å². The molecule has 0 saturated heterocycles. The Morgan fingerprint density at radius 3 is 2.38 bits per heavy atom. The number of benzene rings is 1. The van der Waals surface area contributed by atoms with E-state index < -0.39 is 0 Å². The van der Waals surface area contributed by atoms with Crippen molar-refractivity contribution in [3.05, 3.63) is 23.3 Å². The maximum Gasteiger partial charge on any atom is 0.122 e. The number of hydrogen-bond acceptors (Lipinski definition) is 4. The third kappa shape index (κ3) is 2.87. The van der Waals surface area contributed by atoms with Crippen molar-refractivity contribution in [2.75, 3.05) is 14.2 Å². The second-order valence-corrected chi connectivity index (χ2v) is 3.87. The first-order valence-corrected chi connectivity index (χ1v) is 5.23. The second kappa shape index (κ2) is 5.72. The van der Waals surface area contributed by atoms with Gasteiger partial charge < -0.3 is 14.7 Å². The molecule has 0 saturated carbocycles. The molecule has 0 radical (unpaired) electrons. The van der Waals surface area contributed by atoms with Crippen molar-refractivity contribution in [1.29, 1.82) is 0 Å². The van der Waals surface area contributed by atoms with Gasteiger partial charge in [0.2, 0.25) is 0 Å². The van der Waals surface area contributed by atoms with Crippen LogP contribution in [0.15, 0.2) is 12.1 Å². The van der Waals surface area contributed by atoms with E-state index in [-0.39, 0.29) is 6.04 Å². The largest absolute Gasteiger partial charge is 0.496 e. The van der Waals surface area contributed by atoms with Crippen LogP contribution in [0, 0.1) is 6.92 Å². The normalized spacial score (nSPS) is 12.3. The number of hydroxylamine groups is 1. The van der Waals surface area contributed by atoms with Crippen molar-refractivity contribution >= 4 is 0 Å². The summed E-state index contributed by atoms with van der Waals surface area (Å²) >= 11 is 0. The van der Waals surface area contributed by atoms with Gasteiger partial charge in [0.25, 0.3) is 0 Å². The number of methoxy groups -OCH3 is 2. The molecule has 0 heterocycles. The molecule has 0 aliphatic heterocycles. The van der Waals surface area contributed by atoms with E-state index in [4.69, 9.17) is 14.7 Å². The molecule has 90 valence electrons. The van der Waals surface area contributed by atoms with Crippen molar-refractivity contribution in [3.63, 3.8) is 0 Å². The number of ether oxygens (including phenoxy) is 2. The number of nitrogens with one attached hydrogen (secondary N) is 1. The predicted octanol–water partition coefficient (Wildman–Crippen LogP) is 1.92. The highest BCUT2D eigenvalue weighted by Crippen LogP contribution is 2.28. The summed E-state index contributed by atoms with van der Waals surface area (Å²) in [6.45, 7) is 3.87. The van der Waals surface area contributed by atoms with E-state index in [2.05, 4.69) is 5.48 Å². The maximum absolute atomic E-state index is 8.82. The lowest BCUT2D eigenvalue weighted by atomic mass is 10.0. The highest BCUT2D eigenvalue weighted by molar-refractivity contribution is 5.46. The molecule has 0 fully saturated rings. The molecule has 0 amide bonds. The van der Waals surface area contributed by atoms with Crippen molar-refractivity contribution in [2.45, 2.75) is 26.3 Å². The Labute approximate surface area is 96.1 Å². The summed E-state index contributed by atoms with van der Waals surface area (Å²) in [6, 6.07) is 3.86. The van der Waals surface area contributed by atoms with E-state index >= 15 is 0 Å². The summed E-state index contributed by atoms with van der Waals surface area (Å²) < 4.78 is 10.6. The molecule has 4 nitrogen and oxygen atoms in total. The van der Waals surface area contributed by atoms with Gasteiger partial charge in [-0.1, -0.05) is 0 Å². The van der Waals surface area contributed by atoms with E-state index in [1.165, 1.54) is 0 Å². The van der Waals surface area contributed by atoms with E-state index in [9.17, 15) is 0 Å². The van der Waals surface area contributed by atoms with Gasteiger partial charge in [0.05, 0.1) is 14.2 Å². The van der Waals surface area contributed by atoms with Crippen molar-refractivity contribution in [3.8, 4) is 11.5 Å². The zero-order valence-corrected chi connectivity index (χ0v) is 10.2. The highest BCUT2D eigenvalue weighted by Gasteiger charge is 2.11. The molecular formula is C12H19NO3. The molecule has 1 rings (SSSR count). The first-order chi connectivity index (χ1) is 7.62. The Bertz CT molecular complexity index is 352. The molecule has 0 aromatic heterocycles. The van der Waals surface area contributed by atoms with Crippen LogP contribution < -0.4 is 15.0 Å². The van der Waals surface area contributed by atoms with Gasteiger partial charge in [-0.15, -0.1) is 0 Å². The topological polar surface area (TPSA) is 50.7 Å². The Kier molecular flexibility index (Phi) is 4.58. The van der Waals surface area contributed by atoms with Crippen LogP contribution in [0.1, 0.15) is 18.1 Å². The molecule has 1 aromatic rings. The molecule has 1 aromatic carbocycles. The van der Waals surface area contributed by atoms with E-state index in [1.54, 1.807) is 14.2 Å². The molecule has 1 atom stereocenters. The van der Waals surface area contributed by atoms with Crippen molar-refractivity contribution in [1.82, 2.24) is 5.48 Å². The molecular weight excluding hydrogens is 206 g/mol. The molecule has 0 aliphatic carbocycles. The van der Waals surface area contributed by atoms with Gasteiger partial charge in [0.1, 0.15) is 11.5 Å². The van der Waals surface area contributed by atoms with Crippen molar-refractivity contribution in [2.24, 2.45) is 0 Å². The number of hydrogen-bond donors (Lipinski definition) is 2. The van der Waals surface area contributed by atoms with Crippen LogP contribution in [0.4, 0.5) is 0 Å². The first kappa shape index (κ1) is 12.8. The Morgan fingerprint density at radius 2 is 1.88 bits per heavy atom. The van der Waals surface area contributed by atoms with Gasteiger partial charge in [0, 0.05) is 6.04 Å². The lowest BCUT2D eigenvalue weighted by molar-refractivity contribution is 0.132. The van der Waals surface area contributed by atoms with Crippen LogP contribution in [-0.2, 0) is 6.42 Å². The number of aryl methyl sites for hydroxylation is 1. The van der Waals surface area contributed by atoms with Crippen LogP contribution in [0.5, 0.6) is 11.5 Å². The van der Waals surface area contributed by atoms with Crippen LogP contribution in [0.25, 0.3) is 0 Å². The number of rotatable bonds is 5. The summed E-state index contributed by atoms with van der Waals surface area (Å²) in [6.07, 6.45) is 0.677. The molecule has 0 bridgehead atoms. The van der Waals surface area contributed by atoms with E-state index in [1.807, 2.05) is 26.0 Å². The fraction of sp³-hybridized carbons (Fsp3) is 0.500. The SMILES string of the molecule is COc1cc(C[C@@H](C)NO)c(OC)cc1C. The van der Waals surface area contributed by atoms with E-state index in [0.717, 1.165) is 22.6 Å². The zero-order valence-electron chi connectivity index (χ0n) is 10.2. The summed E-state index contributed by atoms with van der Waals surface area (Å²) in [5.41, 5.74) is 4.27. The maximum atomic E-state index is 8.82. The van der Waals surface area contributed by atoms with Crippen molar-refractivity contribution < 1.29 is 14.7 Å². The van der Waals surface area contributed by atoms with Gasteiger partial charge in [-0.2, -0.15) is 0 Å². The van der Waals surface area contributed by atoms with Crippen LogP contribution in [0.2, 0.25) is 0 Å². The average molecular weight is 225 g/mol. The van der Waals surface area contributed by atoms with Crippen LogP contribution >= 0.6 is 0 Å². The lowest BCUT2D eigenvalue weighted by Gasteiger charge is -2.15. The minimum absolute atomic E-state index is 0.0266. The smallest absolute Gasteiger partial charge is 0.122 e. The Hall–Kier alpha value is -1.26. The third-order valence-corrected chi connectivity index (χ3v) is 2.54. The fourth-order valence-electron chi connectivity index (χ4n) is 1.65. The quantitative estimate of drug-likeness (QED) is 0.752. The van der Waals surface area contributed by atoms with Gasteiger partial charge in [-0.3, -0.25) is 0 Å². The molecule has 0 spiro atoms. The minimum atomic E-state index is -0.0266. The Morgan fingerprint density at radius 1 is 1.25 bits per heavy atom. The minimum Gasteiger partial charge on any atom is -0.496 e. The van der Waals surface area contributed by atoms with Crippen LogP contribution in [-0.4, -0.2) is 25.5 Å². The fourth-order valence-corrected chi connectivity index (χ4v) is 1.65. The standard InChI is InChI=1S/C12H19NO3/c1-8-5-12(16-4)10(6-9(2)13-14)7-11(8)15-3/h5,7,9,13-14H,6H2,1-4H3/t9-/m1/s1. The lowest BCUT2D eigenvalue weighted by Crippen LogP contribution is -2.24. The second-order valence-electron chi connectivity index (χ2n) is 3.87. The first-order valence-electron chi connectivity index (χ1n) is 5.23. The molecule has 16 heavy (non-hydrogen) atoms. The monoisotopic (exact) mass is 225 g/mol.